The molecule has 11 nitrogen and oxygen atoms in total. The zero-order valence-electron chi connectivity index (χ0n) is 22.1. The number of nitrogens with one attached hydrogen (secondary N) is 2. The maximum atomic E-state index is 13.7. The highest BCUT2D eigenvalue weighted by Gasteiger charge is 2.33. The van der Waals surface area contributed by atoms with Crippen LogP contribution in [0.5, 0.6) is 0 Å². The number of anilines is 2. The van der Waals surface area contributed by atoms with Crippen LogP contribution in [-0.4, -0.2) is 80.4 Å². The van der Waals surface area contributed by atoms with Crippen molar-refractivity contribution in [2.45, 2.75) is 25.7 Å². The van der Waals surface area contributed by atoms with Gasteiger partial charge < -0.3 is 15.1 Å². The molecule has 39 heavy (non-hydrogen) atoms. The van der Waals surface area contributed by atoms with Gasteiger partial charge in [-0.1, -0.05) is 12.1 Å². The van der Waals surface area contributed by atoms with Crippen LogP contribution in [0.2, 0.25) is 0 Å². The second-order valence-electron chi connectivity index (χ2n) is 8.81. The molecular formula is C26H31N7O4S2. The van der Waals surface area contributed by atoms with Crippen LogP contribution in [0.1, 0.15) is 36.7 Å². The number of thiophene rings is 1. The molecule has 1 aliphatic heterocycles. The molecule has 0 unspecified atom stereocenters. The van der Waals surface area contributed by atoms with E-state index < -0.39 is 16.1 Å². The predicted octanol–water partition coefficient (Wildman–Crippen LogP) is 3.30. The number of pyridine rings is 1. The van der Waals surface area contributed by atoms with E-state index in [-0.39, 0.29) is 37.0 Å². The number of carbonyl (C=O) groups is 2. The molecule has 1 saturated heterocycles. The molecule has 3 heterocycles. The van der Waals surface area contributed by atoms with Crippen molar-refractivity contribution in [2.24, 2.45) is 0 Å². The Morgan fingerprint density at radius 2 is 1.82 bits per heavy atom. The van der Waals surface area contributed by atoms with Crippen molar-refractivity contribution in [1.29, 1.82) is 5.26 Å². The number of piperazine rings is 1. The number of carbonyl (C=O) groups excluding carboxylic acids is 2. The van der Waals surface area contributed by atoms with E-state index in [0.29, 0.717) is 38.6 Å². The minimum atomic E-state index is -3.78. The van der Waals surface area contributed by atoms with Crippen LogP contribution in [0.25, 0.3) is 10.1 Å². The summed E-state index contributed by atoms with van der Waals surface area (Å²) in [5.74, 6) is 0.388. The van der Waals surface area contributed by atoms with Crippen molar-refractivity contribution in [3.05, 3.63) is 47.7 Å². The summed E-state index contributed by atoms with van der Waals surface area (Å²) >= 11 is 1.17. The van der Waals surface area contributed by atoms with Crippen LogP contribution < -0.4 is 15.5 Å². The summed E-state index contributed by atoms with van der Waals surface area (Å²) in [4.78, 5) is 34.1. The van der Waals surface area contributed by atoms with E-state index in [0.717, 1.165) is 13.1 Å². The molecule has 3 aromatic rings. The molecule has 2 N–H and O–H groups in total. The first kappa shape index (κ1) is 28.3. The van der Waals surface area contributed by atoms with Crippen molar-refractivity contribution >= 4 is 54.2 Å². The average Bonchev–Trinajstić information content (AvgIpc) is 3.31. The third-order valence-electron chi connectivity index (χ3n) is 6.59. The van der Waals surface area contributed by atoms with E-state index in [1.54, 1.807) is 42.2 Å². The van der Waals surface area contributed by atoms with E-state index >= 15 is 0 Å². The zero-order chi connectivity index (χ0) is 28.2. The van der Waals surface area contributed by atoms with Crippen LogP contribution in [0.3, 0.4) is 0 Å². The van der Waals surface area contributed by atoms with Gasteiger partial charge in [0.25, 0.3) is 5.91 Å². The summed E-state index contributed by atoms with van der Waals surface area (Å²) in [6.07, 6.45) is 1.38. The highest BCUT2D eigenvalue weighted by atomic mass is 32.2. The standard InChI is InChI=1S/C26H31N7O4S2/c1-4-28-26(35)30-24-22(20-9-7-8-18(16-27)23(20)38-24)25(34)32-12-14-33(15-13-32)39(36,37)19-10-11-21(29-17-19)31(5-2)6-3/h7-11,17H,4-6,12-15H2,1-3H3,(H2,28,30,35). The van der Waals surface area contributed by atoms with Gasteiger partial charge in [-0.2, -0.15) is 9.57 Å². The number of amides is 3. The smallest absolute Gasteiger partial charge is 0.319 e. The molecule has 0 radical (unpaired) electrons. The van der Waals surface area contributed by atoms with Gasteiger partial charge in [0.05, 0.1) is 15.8 Å². The monoisotopic (exact) mass is 569 g/mol. The van der Waals surface area contributed by atoms with Gasteiger partial charge in [0.1, 0.15) is 21.8 Å². The van der Waals surface area contributed by atoms with E-state index in [9.17, 15) is 23.3 Å². The number of fused-ring (bicyclic) bond motifs is 1. The van der Waals surface area contributed by atoms with Crippen molar-refractivity contribution < 1.29 is 18.0 Å². The SMILES string of the molecule is CCNC(=O)Nc1sc2c(C#N)cccc2c1C(=O)N1CCN(S(=O)(=O)c2ccc(N(CC)CC)nc2)CC1. The van der Waals surface area contributed by atoms with Crippen LogP contribution in [0, 0.1) is 11.3 Å². The van der Waals surface area contributed by atoms with Crippen molar-refractivity contribution in [3.8, 4) is 6.07 Å². The van der Waals surface area contributed by atoms with Gasteiger partial charge >= 0.3 is 6.03 Å². The Balaban J connectivity index is 1.54. The lowest BCUT2D eigenvalue weighted by Crippen LogP contribution is -2.50. The minimum Gasteiger partial charge on any atom is -0.357 e. The normalized spacial score (nSPS) is 14.2. The lowest BCUT2D eigenvalue weighted by Gasteiger charge is -2.34. The van der Waals surface area contributed by atoms with Crippen LogP contribution >= 0.6 is 11.3 Å². The van der Waals surface area contributed by atoms with Crippen molar-refractivity contribution in [2.75, 3.05) is 56.0 Å². The Morgan fingerprint density at radius 3 is 2.41 bits per heavy atom. The molecule has 1 aromatic carbocycles. The highest BCUT2D eigenvalue weighted by Crippen LogP contribution is 2.38. The van der Waals surface area contributed by atoms with Gasteiger partial charge in [0.2, 0.25) is 10.0 Å². The quantitative estimate of drug-likeness (QED) is 0.424. The van der Waals surface area contributed by atoms with E-state index in [1.807, 2.05) is 18.7 Å². The van der Waals surface area contributed by atoms with Crippen LogP contribution in [0.4, 0.5) is 15.6 Å². The molecule has 0 atom stereocenters. The number of sulfonamides is 1. The molecule has 13 heteroatoms. The second-order valence-corrected chi connectivity index (χ2v) is 11.8. The van der Waals surface area contributed by atoms with E-state index in [1.165, 1.54) is 21.8 Å². The number of hydrogen-bond acceptors (Lipinski definition) is 8. The summed E-state index contributed by atoms with van der Waals surface area (Å²) in [6, 6.07) is 10.1. The van der Waals surface area contributed by atoms with Gasteiger partial charge in [0, 0.05) is 57.4 Å². The Labute approximate surface area is 232 Å². The molecule has 0 spiro atoms. The maximum absolute atomic E-state index is 13.7. The number of hydrogen-bond donors (Lipinski definition) is 2. The average molecular weight is 570 g/mol. The summed E-state index contributed by atoms with van der Waals surface area (Å²) in [7, 11) is -3.78. The van der Waals surface area contributed by atoms with Crippen molar-refractivity contribution in [3.63, 3.8) is 0 Å². The first-order valence-corrected chi connectivity index (χ1v) is 15.0. The predicted molar refractivity (Wildman–Crippen MR) is 152 cm³/mol. The molecule has 1 fully saturated rings. The van der Waals surface area contributed by atoms with E-state index in [2.05, 4.69) is 21.7 Å². The molecule has 206 valence electrons. The number of benzene rings is 1. The van der Waals surface area contributed by atoms with Crippen molar-refractivity contribution in [1.82, 2.24) is 19.5 Å². The zero-order valence-corrected chi connectivity index (χ0v) is 23.7. The lowest BCUT2D eigenvalue weighted by molar-refractivity contribution is 0.0701. The first-order valence-electron chi connectivity index (χ1n) is 12.8. The van der Waals surface area contributed by atoms with Gasteiger partial charge in [-0.3, -0.25) is 10.1 Å². The Morgan fingerprint density at radius 1 is 1.10 bits per heavy atom. The second kappa shape index (κ2) is 12.0. The molecule has 4 rings (SSSR count). The molecule has 1 aliphatic rings. The highest BCUT2D eigenvalue weighted by molar-refractivity contribution is 7.89. The molecule has 0 saturated carbocycles. The molecule has 0 aliphatic carbocycles. The summed E-state index contributed by atoms with van der Waals surface area (Å²) < 4.78 is 28.5. The minimum absolute atomic E-state index is 0.111. The third-order valence-corrected chi connectivity index (χ3v) is 9.62. The van der Waals surface area contributed by atoms with Gasteiger partial charge in [0.15, 0.2) is 0 Å². The van der Waals surface area contributed by atoms with Gasteiger partial charge in [-0.15, -0.1) is 11.3 Å². The summed E-state index contributed by atoms with van der Waals surface area (Å²) in [5.41, 5.74) is 0.706. The molecule has 2 aromatic heterocycles. The fourth-order valence-corrected chi connectivity index (χ4v) is 7.03. The lowest BCUT2D eigenvalue weighted by atomic mass is 10.1. The number of nitriles is 1. The first-order chi connectivity index (χ1) is 18.7. The summed E-state index contributed by atoms with van der Waals surface area (Å²) in [6.45, 7) is 8.35. The van der Waals surface area contributed by atoms with E-state index in [4.69, 9.17) is 0 Å². The Kier molecular flexibility index (Phi) is 8.69. The van der Waals surface area contributed by atoms with Gasteiger partial charge in [-0.05, 0) is 39.0 Å². The molecule has 3 amide bonds. The number of rotatable bonds is 8. The largest absolute Gasteiger partial charge is 0.357 e. The Hall–Kier alpha value is -3.73. The number of urea groups is 1. The number of nitrogens with zero attached hydrogens (tertiary/aromatic N) is 5. The topological polar surface area (TPSA) is 139 Å². The fraction of sp³-hybridized carbons (Fsp3) is 0.385. The maximum Gasteiger partial charge on any atom is 0.319 e. The molecular weight excluding hydrogens is 538 g/mol. The van der Waals surface area contributed by atoms with Crippen LogP contribution in [-0.2, 0) is 10.0 Å². The summed E-state index contributed by atoms with van der Waals surface area (Å²) in [5, 5.41) is 15.9. The fourth-order valence-electron chi connectivity index (χ4n) is 4.51. The third kappa shape index (κ3) is 5.68. The van der Waals surface area contributed by atoms with Gasteiger partial charge in [-0.25, -0.2) is 18.2 Å². The van der Waals surface area contributed by atoms with Crippen LogP contribution in [0.15, 0.2) is 41.4 Å². The Bertz CT molecular complexity index is 1500. The number of aromatic nitrogens is 1. The molecule has 0 bridgehead atoms.